The molecule has 7 heteroatoms. The van der Waals surface area contributed by atoms with E-state index in [1.165, 1.54) is 17.3 Å². The van der Waals surface area contributed by atoms with Gasteiger partial charge < -0.3 is 9.64 Å². The van der Waals surface area contributed by atoms with Crippen LogP contribution < -0.4 is 0 Å². The van der Waals surface area contributed by atoms with E-state index in [-0.39, 0.29) is 22.7 Å². The topological polar surface area (TPSA) is 72.4 Å². The minimum absolute atomic E-state index is 0.176. The Hall–Kier alpha value is -1.69. The Kier molecular flexibility index (Phi) is 4.46. The quantitative estimate of drug-likeness (QED) is 0.782. The predicted octanol–water partition coefficient (Wildman–Crippen LogP) is 2.08. The smallest absolute Gasteiger partial charge is 0.329 e. The fourth-order valence-corrected chi connectivity index (χ4v) is 2.29. The van der Waals surface area contributed by atoms with Crippen LogP contribution in [0.3, 0.4) is 0 Å². The summed E-state index contributed by atoms with van der Waals surface area (Å²) in [6.07, 6.45) is 3.99. The Morgan fingerprint density at radius 1 is 1.33 bits per heavy atom. The number of aromatic nitrogens is 2. The van der Waals surface area contributed by atoms with Crippen molar-refractivity contribution in [1.29, 1.82) is 0 Å². The number of rotatable bonds is 2. The normalized spacial score (nSPS) is 18.7. The number of hydrogen-bond donors (Lipinski definition) is 0. The van der Waals surface area contributed by atoms with Gasteiger partial charge in [-0.15, -0.1) is 0 Å². The molecule has 1 aliphatic heterocycles. The third-order valence-corrected chi connectivity index (χ3v) is 3.23. The molecule has 0 spiro atoms. The Balaban J connectivity index is 2.13. The highest BCUT2D eigenvalue weighted by atomic mass is 35.5. The molecule has 6 nitrogen and oxygen atoms in total. The maximum Gasteiger partial charge on any atom is 0.329 e. The Bertz CT molecular complexity index is 539. The molecule has 0 aromatic carbocycles. The molecule has 0 aliphatic carbocycles. The van der Waals surface area contributed by atoms with Gasteiger partial charge in [-0.05, 0) is 33.6 Å². The second-order valence-electron chi connectivity index (χ2n) is 5.91. The number of likely N-dealkylation sites (tertiary alicyclic amines) is 1. The number of amides is 1. The van der Waals surface area contributed by atoms with Gasteiger partial charge in [0, 0.05) is 6.54 Å². The summed E-state index contributed by atoms with van der Waals surface area (Å²) in [6, 6.07) is -0.561. The number of ether oxygens (including phenoxy) is 1. The van der Waals surface area contributed by atoms with Crippen molar-refractivity contribution in [3.8, 4) is 0 Å². The van der Waals surface area contributed by atoms with E-state index < -0.39 is 11.6 Å². The van der Waals surface area contributed by atoms with E-state index >= 15 is 0 Å². The minimum Gasteiger partial charge on any atom is -0.458 e. The van der Waals surface area contributed by atoms with Gasteiger partial charge in [-0.1, -0.05) is 11.6 Å². The van der Waals surface area contributed by atoms with Gasteiger partial charge >= 0.3 is 5.97 Å². The molecule has 1 amide bonds. The summed E-state index contributed by atoms with van der Waals surface area (Å²) >= 11 is 5.66. The van der Waals surface area contributed by atoms with Gasteiger partial charge in [0.15, 0.2) is 0 Å². The molecule has 1 aromatic heterocycles. The Labute approximate surface area is 128 Å². The molecule has 2 heterocycles. The van der Waals surface area contributed by atoms with Crippen LogP contribution in [0.4, 0.5) is 0 Å². The number of nitrogens with zero attached hydrogens (tertiary/aromatic N) is 3. The van der Waals surface area contributed by atoms with Gasteiger partial charge in [0.1, 0.15) is 22.5 Å². The zero-order valence-corrected chi connectivity index (χ0v) is 13.1. The highest BCUT2D eigenvalue weighted by Crippen LogP contribution is 2.22. The summed E-state index contributed by atoms with van der Waals surface area (Å²) in [4.78, 5) is 33.9. The van der Waals surface area contributed by atoms with Crippen LogP contribution >= 0.6 is 11.6 Å². The van der Waals surface area contributed by atoms with E-state index in [4.69, 9.17) is 16.3 Å². The van der Waals surface area contributed by atoms with Crippen molar-refractivity contribution >= 4 is 23.5 Å². The number of esters is 1. The molecule has 1 aliphatic rings. The lowest BCUT2D eigenvalue weighted by atomic mass is 10.1. The summed E-state index contributed by atoms with van der Waals surface area (Å²) in [6.45, 7) is 5.91. The maximum atomic E-state index is 12.4. The van der Waals surface area contributed by atoms with Crippen molar-refractivity contribution in [1.82, 2.24) is 14.9 Å². The highest BCUT2D eigenvalue weighted by Gasteiger charge is 2.37. The molecule has 1 fully saturated rings. The first-order valence-electron chi connectivity index (χ1n) is 6.79. The number of carbonyl (C=O) groups excluding carboxylic acids is 2. The van der Waals surface area contributed by atoms with Gasteiger partial charge in [-0.3, -0.25) is 4.79 Å². The first kappa shape index (κ1) is 15.7. The van der Waals surface area contributed by atoms with E-state index in [9.17, 15) is 9.59 Å². The molecule has 1 atom stereocenters. The van der Waals surface area contributed by atoms with E-state index in [1.807, 2.05) is 0 Å². The SMILES string of the molecule is CC(C)(C)OC(=O)[C@@H]1CCCN1C(=O)c1cnc(Cl)cn1. The van der Waals surface area contributed by atoms with E-state index in [0.29, 0.717) is 13.0 Å². The van der Waals surface area contributed by atoms with Crippen LogP contribution in [0, 0.1) is 0 Å². The molecule has 0 unspecified atom stereocenters. The van der Waals surface area contributed by atoms with Crippen LogP contribution in [0.5, 0.6) is 0 Å². The third kappa shape index (κ3) is 3.91. The van der Waals surface area contributed by atoms with Crippen molar-refractivity contribution in [3.63, 3.8) is 0 Å². The first-order valence-corrected chi connectivity index (χ1v) is 7.17. The summed E-state index contributed by atoms with van der Waals surface area (Å²) in [5.74, 6) is -0.706. The molecule has 0 radical (unpaired) electrons. The van der Waals surface area contributed by atoms with Gasteiger partial charge in [0.05, 0.1) is 12.4 Å². The van der Waals surface area contributed by atoms with Crippen LogP contribution in [0.15, 0.2) is 12.4 Å². The van der Waals surface area contributed by atoms with Crippen LogP contribution in [-0.2, 0) is 9.53 Å². The average molecular weight is 312 g/mol. The fraction of sp³-hybridized carbons (Fsp3) is 0.571. The lowest BCUT2D eigenvalue weighted by Gasteiger charge is -2.27. The second kappa shape index (κ2) is 5.97. The lowest BCUT2D eigenvalue weighted by molar-refractivity contribution is -0.159. The maximum absolute atomic E-state index is 12.4. The third-order valence-electron chi connectivity index (χ3n) is 3.03. The van der Waals surface area contributed by atoms with Crippen LogP contribution in [-0.4, -0.2) is 44.9 Å². The number of halogens is 1. The van der Waals surface area contributed by atoms with Crippen molar-refractivity contribution < 1.29 is 14.3 Å². The first-order chi connectivity index (χ1) is 9.78. The molecule has 0 bridgehead atoms. The molecule has 2 rings (SSSR count). The molecule has 1 saturated heterocycles. The molecular weight excluding hydrogens is 294 g/mol. The predicted molar refractivity (Wildman–Crippen MR) is 76.9 cm³/mol. The summed E-state index contributed by atoms with van der Waals surface area (Å²) in [7, 11) is 0. The second-order valence-corrected chi connectivity index (χ2v) is 6.30. The minimum atomic E-state index is -0.575. The average Bonchev–Trinajstić information content (AvgIpc) is 2.86. The molecule has 114 valence electrons. The standard InChI is InChI=1S/C14H18ClN3O3/c1-14(2,3)21-13(20)10-5-4-6-18(10)12(19)9-7-17-11(15)8-16-9/h7-8,10H,4-6H2,1-3H3/t10-/m0/s1. The summed E-state index contributed by atoms with van der Waals surface area (Å²) in [5, 5.41) is 0.219. The molecule has 1 aromatic rings. The van der Waals surface area contributed by atoms with Crippen molar-refractivity contribution in [2.45, 2.75) is 45.3 Å². The molecule has 0 N–H and O–H groups in total. The van der Waals surface area contributed by atoms with Crippen LogP contribution in [0.1, 0.15) is 44.1 Å². The fourth-order valence-electron chi connectivity index (χ4n) is 2.19. The van der Waals surface area contributed by atoms with Gasteiger partial charge in [0.2, 0.25) is 0 Å². The Morgan fingerprint density at radius 3 is 2.62 bits per heavy atom. The van der Waals surface area contributed by atoms with Crippen molar-refractivity contribution in [2.24, 2.45) is 0 Å². The van der Waals surface area contributed by atoms with E-state index in [2.05, 4.69) is 9.97 Å². The van der Waals surface area contributed by atoms with Crippen LogP contribution in [0.25, 0.3) is 0 Å². The van der Waals surface area contributed by atoms with Crippen molar-refractivity contribution in [3.05, 3.63) is 23.2 Å². The largest absolute Gasteiger partial charge is 0.458 e. The zero-order valence-electron chi connectivity index (χ0n) is 12.3. The number of hydrogen-bond acceptors (Lipinski definition) is 5. The van der Waals surface area contributed by atoms with Gasteiger partial charge in [-0.25, -0.2) is 14.8 Å². The Morgan fingerprint density at radius 2 is 2.05 bits per heavy atom. The van der Waals surface area contributed by atoms with Crippen molar-refractivity contribution in [2.75, 3.05) is 6.54 Å². The highest BCUT2D eigenvalue weighted by molar-refractivity contribution is 6.29. The monoisotopic (exact) mass is 311 g/mol. The van der Waals surface area contributed by atoms with E-state index in [1.54, 1.807) is 20.8 Å². The number of carbonyl (C=O) groups is 2. The molecule has 21 heavy (non-hydrogen) atoms. The van der Waals surface area contributed by atoms with E-state index in [0.717, 1.165) is 6.42 Å². The summed E-state index contributed by atoms with van der Waals surface area (Å²) in [5.41, 5.74) is -0.399. The van der Waals surface area contributed by atoms with Gasteiger partial charge in [-0.2, -0.15) is 0 Å². The zero-order chi connectivity index (χ0) is 15.6. The summed E-state index contributed by atoms with van der Waals surface area (Å²) < 4.78 is 5.37. The lowest BCUT2D eigenvalue weighted by Crippen LogP contribution is -2.43. The van der Waals surface area contributed by atoms with Crippen LogP contribution in [0.2, 0.25) is 5.15 Å². The molecule has 0 saturated carbocycles. The molecular formula is C14H18ClN3O3. The van der Waals surface area contributed by atoms with Gasteiger partial charge in [0.25, 0.3) is 5.91 Å².